The molecule has 0 aliphatic carbocycles. The van der Waals surface area contributed by atoms with Crippen LogP contribution in [0, 0.1) is 13.8 Å². The maximum Gasteiger partial charge on any atom is 0.268 e. The summed E-state index contributed by atoms with van der Waals surface area (Å²) in [6.07, 6.45) is 0. The minimum Gasteiger partial charge on any atom is -0.496 e. The van der Waals surface area contributed by atoms with Gasteiger partial charge in [0.2, 0.25) is 0 Å². The van der Waals surface area contributed by atoms with Gasteiger partial charge in [-0.25, -0.2) is 9.67 Å². The van der Waals surface area contributed by atoms with E-state index in [1.807, 2.05) is 61.3 Å². The van der Waals surface area contributed by atoms with Crippen LogP contribution in [0.25, 0.3) is 10.9 Å². The zero-order valence-electron chi connectivity index (χ0n) is 15.2. The van der Waals surface area contributed by atoms with Crippen molar-refractivity contribution in [3.05, 3.63) is 41.6 Å². The van der Waals surface area contributed by atoms with Crippen molar-refractivity contribution in [2.45, 2.75) is 26.8 Å². The lowest BCUT2D eigenvalue weighted by molar-refractivity contribution is 0.0940. The monoisotopic (exact) mass is 341 g/mol. The molecule has 0 aliphatic rings. The lowest BCUT2D eigenvalue weighted by Gasteiger charge is -2.14. The first-order valence-electron chi connectivity index (χ1n) is 8.22. The predicted molar refractivity (Wildman–Crippen MR) is 96.0 cm³/mol. The third-order valence-corrected chi connectivity index (χ3v) is 4.38. The second-order valence-electron chi connectivity index (χ2n) is 6.19. The van der Waals surface area contributed by atoms with E-state index in [1.165, 1.54) is 0 Å². The molecule has 132 valence electrons. The second kappa shape index (κ2) is 6.58. The number of ether oxygens (including phenoxy) is 1. The van der Waals surface area contributed by atoms with E-state index in [4.69, 9.17) is 4.74 Å². The lowest BCUT2D eigenvalue weighted by Crippen LogP contribution is -2.31. The summed E-state index contributed by atoms with van der Waals surface area (Å²) in [4.78, 5) is 16.9. The van der Waals surface area contributed by atoms with E-state index in [0.29, 0.717) is 12.2 Å². The molecular weight excluding hydrogens is 318 g/mol. The molecule has 0 spiro atoms. The van der Waals surface area contributed by atoms with Gasteiger partial charge in [0, 0.05) is 19.0 Å². The number of benzene rings is 1. The van der Waals surface area contributed by atoms with E-state index in [0.717, 1.165) is 28.3 Å². The van der Waals surface area contributed by atoms with Crippen LogP contribution in [0.2, 0.25) is 0 Å². The Bertz CT molecular complexity index is 925. The zero-order valence-corrected chi connectivity index (χ0v) is 15.2. The fraction of sp³-hybridized carbons (Fsp3) is 0.389. The van der Waals surface area contributed by atoms with Crippen LogP contribution in [0.3, 0.4) is 0 Å². The normalized spacial score (nSPS) is 12.4. The van der Waals surface area contributed by atoms with Crippen LogP contribution in [0.5, 0.6) is 5.75 Å². The molecule has 0 saturated heterocycles. The summed E-state index contributed by atoms with van der Waals surface area (Å²) < 4.78 is 9.09. The number of methoxy groups -OCH3 is 1. The quantitative estimate of drug-likeness (QED) is 0.773. The molecular formula is C18H23N5O2. The molecule has 1 atom stereocenters. The van der Waals surface area contributed by atoms with Crippen molar-refractivity contribution in [3.8, 4) is 5.75 Å². The van der Waals surface area contributed by atoms with Gasteiger partial charge in [0.1, 0.15) is 23.1 Å². The van der Waals surface area contributed by atoms with E-state index in [2.05, 4.69) is 15.4 Å². The number of carbonyl (C=O) groups excluding carboxylic acids is 1. The molecule has 1 unspecified atom stereocenters. The molecule has 1 aromatic carbocycles. The standard InChI is InChI=1S/C18H23N5O2/c1-11(23-13(3)20-12(2)21-23)10-19-18(24)16-9-14-15(22(16)4)7-6-8-17(14)25-5/h6-9,11H,10H2,1-5H3,(H,19,24). The number of amides is 1. The molecule has 1 amide bonds. The lowest BCUT2D eigenvalue weighted by atomic mass is 10.2. The summed E-state index contributed by atoms with van der Waals surface area (Å²) in [5, 5.41) is 8.28. The Hall–Kier alpha value is -2.83. The van der Waals surface area contributed by atoms with Crippen molar-refractivity contribution >= 4 is 16.8 Å². The van der Waals surface area contributed by atoms with Crippen molar-refractivity contribution in [2.24, 2.45) is 7.05 Å². The van der Waals surface area contributed by atoms with Gasteiger partial charge >= 0.3 is 0 Å². The Balaban J connectivity index is 1.78. The summed E-state index contributed by atoms with van der Waals surface area (Å²) in [6, 6.07) is 7.66. The number of carbonyl (C=O) groups is 1. The second-order valence-corrected chi connectivity index (χ2v) is 6.19. The molecule has 0 fully saturated rings. The van der Waals surface area contributed by atoms with Crippen molar-refractivity contribution < 1.29 is 9.53 Å². The molecule has 3 aromatic rings. The zero-order chi connectivity index (χ0) is 18.1. The average Bonchev–Trinajstić information content (AvgIpc) is 3.11. The first kappa shape index (κ1) is 17.0. The Morgan fingerprint density at radius 1 is 1.36 bits per heavy atom. The number of fused-ring (bicyclic) bond motifs is 1. The van der Waals surface area contributed by atoms with Gasteiger partial charge in [-0.1, -0.05) is 6.07 Å². The van der Waals surface area contributed by atoms with Crippen LogP contribution in [-0.4, -0.2) is 38.9 Å². The van der Waals surface area contributed by atoms with Crippen molar-refractivity contribution in [3.63, 3.8) is 0 Å². The third-order valence-electron chi connectivity index (χ3n) is 4.38. The number of rotatable bonds is 5. The SMILES string of the molecule is COc1cccc2c1cc(C(=O)NCC(C)n1nc(C)nc1C)n2C. The predicted octanol–water partition coefficient (Wildman–Crippen LogP) is 2.39. The Morgan fingerprint density at radius 2 is 2.12 bits per heavy atom. The minimum absolute atomic E-state index is 0.0226. The Morgan fingerprint density at radius 3 is 2.76 bits per heavy atom. The molecule has 0 saturated carbocycles. The van der Waals surface area contributed by atoms with Crippen LogP contribution in [0.1, 0.15) is 35.1 Å². The fourth-order valence-electron chi connectivity index (χ4n) is 3.10. The van der Waals surface area contributed by atoms with Crippen molar-refractivity contribution in [1.29, 1.82) is 0 Å². The summed E-state index contributed by atoms with van der Waals surface area (Å²) in [7, 11) is 3.51. The maximum atomic E-state index is 12.6. The molecule has 7 nitrogen and oxygen atoms in total. The molecule has 2 aromatic heterocycles. The number of aryl methyl sites for hydroxylation is 3. The van der Waals surface area contributed by atoms with Gasteiger partial charge in [0.25, 0.3) is 5.91 Å². The topological polar surface area (TPSA) is 74.0 Å². The highest BCUT2D eigenvalue weighted by molar-refractivity contribution is 6.00. The van der Waals surface area contributed by atoms with Gasteiger partial charge < -0.3 is 14.6 Å². The summed E-state index contributed by atoms with van der Waals surface area (Å²) in [5.74, 6) is 2.21. The van der Waals surface area contributed by atoms with Crippen LogP contribution >= 0.6 is 0 Å². The highest BCUT2D eigenvalue weighted by Crippen LogP contribution is 2.28. The van der Waals surface area contributed by atoms with Crippen molar-refractivity contribution in [1.82, 2.24) is 24.6 Å². The van der Waals surface area contributed by atoms with Crippen LogP contribution in [-0.2, 0) is 7.05 Å². The molecule has 7 heteroatoms. The van der Waals surface area contributed by atoms with Crippen molar-refractivity contribution in [2.75, 3.05) is 13.7 Å². The van der Waals surface area contributed by atoms with E-state index in [-0.39, 0.29) is 11.9 Å². The van der Waals surface area contributed by atoms with E-state index in [1.54, 1.807) is 7.11 Å². The molecule has 25 heavy (non-hydrogen) atoms. The van der Waals surface area contributed by atoms with Gasteiger partial charge in [-0.05, 0) is 39.0 Å². The largest absolute Gasteiger partial charge is 0.496 e. The Labute approximate surface area is 146 Å². The molecule has 2 heterocycles. The van der Waals surface area contributed by atoms with Gasteiger partial charge in [0.05, 0.1) is 18.7 Å². The first-order valence-corrected chi connectivity index (χ1v) is 8.22. The number of hydrogen-bond acceptors (Lipinski definition) is 4. The van der Waals surface area contributed by atoms with E-state index in [9.17, 15) is 4.79 Å². The molecule has 0 aliphatic heterocycles. The Kier molecular flexibility index (Phi) is 4.48. The van der Waals surface area contributed by atoms with E-state index >= 15 is 0 Å². The molecule has 0 bridgehead atoms. The molecule has 0 radical (unpaired) electrons. The van der Waals surface area contributed by atoms with Gasteiger partial charge in [0.15, 0.2) is 0 Å². The van der Waals surface area contributed by atoms with Crippen LogP contribution in [0.15, 0.2) is 24.3 Å². The number of nitrogens with zero attached hydrogens (tertiary/aromatic N) is 4. The third kappa shape index (κ3) is 3.09. The average molecular weight is 341 g/mol. The smallest absolute Gasteiger partial charge is 0.268 e. The summed E-state index contributed by atoms with van der Waals surface area (Å²) >= 11 is 0. The van der Waals surface area contributed by atoms with Gasteiger partial charge in [-0.3, -0.25) is 4.79 Å². The number of aromatic nitrogens is 4. The minimum atomic E-state index is -0.123. The maximum absolute atomic E-state index is 12.6. The summed E-state index contributed by atoms with van der Waals surface area (Å²) in [6.45, 7) is 6.25. The summed E-state index contributed by atoms with van der Waals surface area (Å²) in [5.41, 5.74) is 1.55. The highest BCUT2D eigenvalue weighted by Gasteiger charge is 2.17. The number of nitrogens with one attached hydrogen (secondary N) is 1. The van der Waals surface area contributed by atoms with Gasteiger partial charge in [-0.15, -0.1) is 0 Å². The fourth-order valence-corrected chi connectivity index (χ4v) is 3.10. The number of hydrogen-bond donors (Lipinski definition) is 1. The van der Waals surface area contributed by atoms with Crippen LogP contribution < -0.4 is 10.1 Å². The molecule has 3 rings (SSSR count). The van der Waals surface area contributed by atoms with E-state index < -0.39 is 0 Å². The molecule has 1 N–H and O–H groups in total. The van der Waals surface area contributed by atoms with Gasteiger partial charge in [-0.2, -0.15) is 5.10 Å². The first-order chi connectivity index (χ1) is 11.9. The highest BCUT2D eigenvalue weighted by atomic mass is 16.5. The van der Waals surface area contributed by atoms with Crippen LogP contribution in [0.4, 0.5) is 0 Å².